The number of carboxylic acid groups (broad SMARTS) is 1. The molecule has 1 aliphatic heterocycles. The van der Waals surface area contributed by atoms with Gasteiger partial charge in [0, 0.05) is 18.0 Å². The van der Waals surface area contributed by atoms with E-state index in [0.29, 0.717) is 34.1 Å². The molecular formula is C33H39N5O10. The average molecular weight is 666 g/mol. The highest BCUT2D eigenvalue weighted by atomic mass is 16.7. The SMILES string of the molecule is CC(C)C(NC(Cc1ccc2c(c1)OCO2)(C(N)=O)C(=O)COc1ccc(OCN(C(N)=O)c2ccccc2CO)cc1)[C@H](N)C(=O)O. The van der Waals surface area contributed by atoms with Crippen LogP contribution in [-0.4, -0.2) is 71.7 Å². The van der Waals surface area contributed by atoms with Crippen molar-refractivity contribution in [3.05, 3.63) is 77.9 Å². The number of nitrogens with two attached hydrogens (primary N) is 3. The van der Waals surface area contributed by atoms with Crippen molar-refractivity contribution in [2.45, 2.75) is 44.5 Å². The first-order valence-corrected chi connectivity index (χ1v) is 15.0. The number of rotatable bonds is 17. The second-order valence-electron chi connectivity index (χ2n) is 11.4. The third kappa shape index (κ3) is 8.12. The summed E-state index contributed by atoms with van der Waals surface area (Å²) in [6.07, 6.45) is -0.265. The molecule has 2 unspecified atom stereocenters. The lowest BCUT2D eigenvalue weighted by Crippen LogP contribution is -2.70. The van der Waals surface area contributed by atoms with Gasteiger partial charge in [-0.1, -0.05) is 38.1 Å². The number of aliphatic carboxylic acids is 1. The number of anilines is 1. The molecule has 0 saturated heterocycles. The van der Waals surface area contributed by atoms with Gasteiger partial charge in [0.15, 0.2) is 29.6 Å². The van der Waals surface area contributed by atoms with E-state index in [1.165, 1.54) is 24.3 Å². The van der Waals surface area contributed by atoms with E-state index >= 15 is 0 Å². The number of carbonyl (C=O) groups is 4. The molecule has 3 aromatic carbocycles. The Morgan fingerprint density at radius 1 is 0.958 bits per heavy atom. The summed E-state index contributed by atoms with van der Waals surface area (Å²) in [5.41, 5.74) is 16.7. The van der Waals surface area contributed by atoms with E-state index in [4.69, 9.17) is 36.1 Å². The lowest BCUT2D eigenvalue weighted by molar-refractivity contribution is -0.143. The molecule has 15 nitrogen and oxygen atoms in total. The summed E-state index contributed by atoms with van der Waals surface area (Å²) in [4.78, 5) is 52.3. The van der Waals surface area contributed by atoms with Crippen LogP contribution in [0.1, 0.15) is 25.0 Å². The van der Waals surface area contributed by atoms with Crippen molar-refractivity contribution in [2.75, 3.05) is 25.0 Å². The predicted molar refractivity (Wildman–Crippen MR) is 172 cm³/mol. The highest BCUT2D eigenvalue weighted by molar-refractivity contribution is 6.11. The number of urea groups is 1. The van der Waals surface area contributed by atoms with Crippen molar-refractivity contribution in [2.24, 2.45) is 23.1 Å². The molecule has 3 aromatic rings. The van der Waals surface area contributed by atoms with E-state index in [1.54, 1.807) is 56.3 Å². The van der Waals surface area contributed by atoms with E-state index < -0.39 is 53.8 Å². The number of aliphatic hydroxyl groups is 1. The summed E-state index contributed by atoms with van der Waals surface area (Å²) in [5, 5.41) is 22.2. The number of primary amides is 2. The van der Waals surface area contributed by atoms with E-state index in [2.05, 4.69) is 5.32 Å². The number of Topliss-reactive ketones (excluding diaryl/α,β-unsaturated/α-hetero) is 1. The van der Waals surface area contributed by atoms with Crippen molar-refractivity contribution >= 4 is 29.4 Å². The molecule has 0 saturated carbocycles. The Hall–Kier alpha value is -5.38. The monoisotopic (exact) mass is 665 g/mol. The number of amides is 3. The van der Waals surface area contributed by atoms with E-state index in [9.17, 15) is 29.4 Å². The Morgan fingerprint density at radius 2 is 1.60 bits per heavy atom. The second kappa shape index (κ2) is 15.5. The molecular weight excluding hydrogens is 626 g/mol. The molecule has 0 aromatic heterocycles. The molecule has 3 atom stereocenters. The number of nitrogens with one attached hydrogen (secondary N) is 1. The van der Waals surface area contributed by atoms with Gasteiger partial charge in [-0.25, -0.2) is 4.79 Å². The van der Waals surface area contributed by atoms with Gasteiger partial charge in [-0.3, -0.25) is 24.6 Å². The Bertz CT molecular complexity index is 1630. The van der Waals surface area contributed by atoms with Crippen LogP contribution < -0.4 is 46.4 Å². The van der Waals surface area contributed by atoms with Gasteiger partial charge in [0.05, 0.1) is 12.3 Å². The largest absolute Gasteiger partial charge is 0.486 e. The van der Waals surface area contributed by atoms with Crippen LogP contribution in [0.25, 0.3) is 0 Å². The second-order valence-corrected chi connectivity index (χ2v) is 11.4. The minimum Gasteiger partial charge on any atom is -0.486 e. The van der Waals surface area contributed by atoms with E-state index in [0.717, 1.165) is 4.90 Å². The molecule has 1 aliphatic rings. The highest BCUT2D eigenvalue weighted by Crippen LogP contribution is 2.34. The first kappa shape index (κ1) is 35.5. The first-order chi connectivity index (χ1) is 22.9. The van der Waals surface area contributed by atoms with Crippen molar-refractivity contribution in [1.29, 1.82) is 0 Å². The maximum atomic E-state index is 13.9. The smallest absolute Gasteiger partial charge is 0.322 e. The normalized spacial score (nSPS) is 14.4. The fourth-order valence-electron chi connectivity index (χ4n) is 5.20. The molecule has 4 rings (SSSR count). The number of nitrogens with zero attached hydrogens (tertiary/aromatic N) is 1. The summed E-state index contributed by atoms with van der Waals surface area (Å²) >= 11 is 0. The number of benzene rings is 3. The van der Waals surface area contributed by atoms with Crippen LogP contribution in [0.5, 0.6) is 23.0 Å². The quantitative estimate of drug-likeness (QED) is 0.0883. The van der Waals surface area contributed by atoms with Crippen molar-refractivity contribution in [1.82, 2.24) is 5.32 Å². The zero-order chi connectivity index (χ0) is 35.0. The Kier molecular flexibility index (Phi) is 11.4. The summed E-state index contributed by atoms with van der Waals surface area (Å²) in [5.74, 6) is -2.10. The molecule has 3 amide bonds. The van der Waals surface area contributed by atoms with Crippen LogP contribution in [0.15, 0.2) is 66.7 Å². The fourth-order valence-corrected chi connectivity index (χ4v) is 5.20. The number of para-hydroxylation sites is 1. The topological polar surface area (TPSA) is 239 Å². The van der Waals surface area contributed by atoms with Crippen LogP contribution >= 0.6 is 0 Å². The van der Waals surface area contributed by atoms with Crippen LogP contribution in [0.4, 0.5) is 10.5 Å². The molecule has 0 aliphatic carbocycles. The van der Waals surface area contributed by atoms with Gasteiger partial charge in [0.25, 0.3) is 0 Å². The zero-order valence-electron chi connectivity index (χ0n) is 26.5. The van der Waals surface area contributed by atoms with Crippen molar-refractivity contribution < 1.29 is 48.3 Å². The van der Waals surface area contributed by atoms with Crippen molar-refractivity contribution in [3.8, 4) is 23.0 Å². The minimum atomic E-state index is -2.12. The molecule has 48 heavy (non-hydrogen) atoms. The van der Waals surface area contributed by atoms with Crippen LogP contribution in [-0.2, 0) is 27.4 Å². The fraction of sp³-hybridized carbons (Fsp3) is 0.333. The van der Waals surface area contributed by atoms with Gasteiger partial charge in [-0.05, 0) is 53.9 Å². The summed E-state index contributed by atoms with van der Waals surface area (Å²) in [6.45, 7) is 2.22. The molecule has 9 N–H and O–H groups in total. The Labute approximate surface area is 276 Å². The number of ketones is 1. The van der Waals surface area contributed by atoms with Gasteiger partial charge >= 0.3 is 12.0 Å². The zero-order valence-corrected chi connectivity index (χ0v) is 26.5. The lowest BCUT2D eigenvalue weighted by Gasteiger charge is -2.37. The third-order valence-electron chi connectivity index (χ3n) is 7.88. The van der Waals surface area contributed by atoms with Crippen LogP contribution in [0, 0.1) is 5.92 Å². The number of fused-ring (bicyclic) bond motifs is 1. The molecule has 256 valence electrons. The lowest BCUT2D eigenvalue weighted by atomic mass is 9.82. The summed E-state index contributed by atoms with van der Waals surface area (Å²) in [7, 11) is 0. The molecule has 0 spiro atoms. The summed E-state index contributed by atoms with van der Waals surface area (Å²) < 4.78 is 22.3. The number of ether oxygens (including phenoxy) is 4. The first-order valence-electron chi connectivity index (χ1n) is 15.0. The van der Waals surface area contributed by atoms with Gasteiger partial charge in [-0.2, -0.15) is 0 Å². The summed E-state index contributed by atoms with van der Waals surface area (Å²) in [6, 6.07) is 14.4. The van der Waals surface area contributed by atoms with Crippen LogP contribution in [0.3, 0.4) is 0 Å². The predicted octanol–water partition coefficient (Wildman–Crippen LogP) is 1.27. The number of aliphatic hydroxyl groups excluding tert-OH is 1. The van der Waals surface area contributed by atoms with Gasteiger partial charge in [-0.15, -0.1) is 0 Å². The number of hydrogen-bond acceptors (Lipinski definition) is 11. The maximum absolute atomic E-state index is 13.9. The number of carboxylic acids is 1. The van der Waals surface area contributed by atoms with Gasteiger partial charge in [0.1, 0.15) is 24.1 Å². The van der Waals surface area contributed by atoms with E-state index in [1.807, 2.05) is 0 Å². The Balaban J connectivity index is 1.52. The molecule has 0 fully saturated rings. The van der Waals surface area contributed by atoms with Gasteiger partial charge < -0.3 is 46.4 Å². The molecule has 15 heteroatoms. The minimum absolute atomic E-state index is 0.0125. The molecule has 1 heterocycles. The molecule has 0 radical (unpaired) electrons. The number of carbonyl (C=O) groups excluding carboxylic acids is 3. The Morgan fingerprint density at radius 3 is 2.21 bits per heavy atom. The van der Waals surface area contributed by atoms with Crippen LogP contribution in [0.2, 0.25) is 0 Å². The standard InChI is InChI=1S/C33H39N5O10/c1-19(2)29(28(34)30(41)42)37-33(31(35)43,14-20-7-12-25-26(13-20)48-18-47-25)27(40)16-45-22-8-10-23(11-9-22)46-17-38(32(36)44)24-6-4-3-5-21(24)15-39/h3-13,19,28-29,37,39H,14-18,34H2,1-2H3,(H2,35,43)(H2,36,44)(H,41,42)/t28-,29?,33?/m0/s1. The van der Waals surface area contributed by atoms with Crippen molar-refractivity contribution in [3.63, 3.8) is 0 Å². The maximum Gasteiger partial charge on any atom is 0.322 e. The average Bonchev–Trinajstić information content (AvgIpc) is 3.53. The third-order valence-corrected chi connectivity index (χ3v) is 7.88. The van der Waals surface area contributed by atoms with E-state index in [-0.39, 0.29) is 32.3 Å². The highest BCUT2D eigenvalue weighted by Gasteiger charge is 2.48. The van der Waals surface area contributed by atoms with Gasteiger partial charge in [0.2, 0.25) is 12.7 Å². The molecule has 0 bridgehead atoms. The number of hydrogen-bond donors (Lipinski definition) is 6.